The minimum absolute atomic E-state index is 0.0800. The molecule has 1 aliphatic rings. The SMILES string of the molecule is COc1ccc(C(=O)C2=C(c3ccco3)Oc3ccccc3C2)cc1. The van der Waals surface area contributed by atoms with E-state index in [0.29, 0.717) is 34.8 Å². The second-order valence-corrected chi connectivity index (χ2v) is 5.73. The van der Waals surface area contributed by atoms with Crippen molar-refractivity contribution in [3.05, 3.63) is 89.4 Å². The van der Waals surface area contributed by atoms with E-state index in [0.717, 1.165) is 11.3 Å². The van der Waals surface area contributed by atoms with Crippen LogP contribution in [0.25, 0.3) is 5.76 Å². The van der Waals surface area contributed by atoms with Crippen molar-refractivity contribution in [3.63, 3.8) is 0 Å². The Morgan fingerprint density at radius 2 is 1.80 bits per heavy atom. The third-order valence-corrected chi connectivity index (χ3v) is 4.20. The minimum atomic E-state index is -0.0800. The summed E-state index contributed by atoms with van der Waals surface area (Å²) in [5, 5.41) is 0. The number of fused-ring (bicyclic) bond motifs is 1. The van der Waals surface area contributed by atoms with E-state index in [1.165, 1.54) is 0 Å². The van der Waals surface area contributed by atoms with Crippen LogP contribution in [0.4, 0.5) is 0 Å². The van der Waals surface area contributed by atoms with Crippen LogP contribution in [0.5, 0.6) is 11.5 Å². The Balaban J connectivity index is 1.78. The molecule has 3 aromatic rings. The molecule has 2 heterocycles. The van der Waals surface area contributed by atoms with Crippen molar-refractivity contribution in [2.24, 2.45) is 0 Å². The Morgan fingerprint density at radius 3 is 2.52 bits per heavy atom. The van der Waals surface area contributed by atoms with E-state index in [2.05, 4.69) is 0 Å². The lowest BCUT2D eigenvalue weighted by Crippen LogP contribution is -2.16. The molecule has 4 rings (SSSR count). The van der Waals surface area contributed by atoms with Crippen LogP contribution in [0.2, 0.25) is 0 Å². The van der Waals surface area contributed by atoms with Crippen LogP contribution in [-0.4, -0.2) is 12.9 Å². The summed E-state index contributed by atoms with van der Waals surface area (Å²) >= 11 is 0. The van der Waals surface area contributed by atoms with Crippen molar-refractivity contribution >= 4 is 11.5 Å². The predicted molar refractivity (Wildman–Crippen MR) is 93.7 cm³/mol. The third-order valence-electron chi connectivity index (χ3n) is 4.20. The van der Waals surface area contributed by atoms with Gasteiger partial charge in [-0.05, 0) is 48.0 Å². The van der Waals surface area contributed by atoms with Gasteiger partial charge in [-0.2, -0.15) is 0 Å². The van der Waals surface area contributed by atoms with Crippen molar-refractivity contribution in [1.82, 2.24) is 0 Å². The third kappa shape index (κ3) is 2.83. The highest BCUT2D eigenvalue weighted by atomic mass is 16.5. The summed E-state index contributed by atoms with van der Waals surface area (Å²) in [5.41, 5.74) is 2.15. The monoisotopic (exact) mass is 332 g/mol. The molecule has 0 amide bonds. The number of carbonyl (C=O) groups excluding carboxylic acids is 1. The van der Waals surface area contributed by atoms with Crippen LogP contribution in [0.15, 0.2) is 76.9 Å². The topological polar surface area (TPSA) is 48.7 Å². The molecule has 0 atom stereocenters. The first-order valence-corrected chi connectivity index (χ1v) is 7.98. The van der Waals surface area contributed by atoms with Crippen LogP contribution in [-0.2, 0) is 6.42 Å². The number of para-hydroxylation sites is 1. The maximum Gasteiger partial charge on any atom is 0.193 e. The van der Waals surface area contributed by atoms with E-state index in [4.69, 9.17) is 13.9 Å². The molecule has 0 saturated heterocycles. The van der Waals surface area contributed by atoms with Crippen molar-refractivity contribution in [3.8, 4) is 11.5 Å². The number of methoxy groups -OCH3 is 1. The molecule has 0 bridgehead atoms. The second-order valence-electron chi connectivity index (χ2n) is 5.73. The molecule has 1 aliphatic heterocycles. The number of hydrogen-bond acceptors (Lipinski definition) is 4. The van der Waals surface area contributed by atoms with Gasteiger partial charge in [-0.15, -0.1) is 0 Å². The average molecular weight is 332 g/mol. The summed E-state index contributed by atoms with van der Waals surface area (Å²) in [6, 6.07) is 18.4. The molecule has 0 saturated carbocycles. The highest BCUT2D eigenvalue weighted by molar-refractivity contribution is 6.13. The number of ketones is 1. The van der Waals surface area contributed by atoms with E-state index >= 15 is 0 Å². The smallest absolute Gasteiger partial charge is 0.193 e. The number of furan rings is 1. The molecule has 1 aromatic heterocycles. The number of hydrogen-bond donors (Lipinski definition) is 0. The molecule has 4 heteroatoms. The lowest BCUT2D eigenvalue weighted by molar-refractivity contribution is 0.102. The molecule has 0 fully saturated rings. The number of carbonyl (C=O) groups is 1. The average Bonchev–Trinajstić information content (AvgIpc) is 3.21. The van der Waals surface area contributed by atoms with Gasteiger partial charge in [0.05, 0.1) is 18.9 Å². The Labute approximate surface area is 145 Å². The van der Waals surface area contributed by atoms with Gasteiger partial charge < -0.3 is 13.9 Å². The number of rotatable bonds is 4. The fourth-order valence-electron chi connectivity index (χ4n) is 2.90. The van der Waals surface area contributed by atoms with Crippen LogP contribution in [0.3, 0.4) is 0 Å². The van der Waals surface area contributed by atoms with Gasteiger partial charge in [0, 0.05) is 12.0 Å². The van der Waals surface area contributed by atoms with E-state index in [9.17, 15) is 4.79 Å². The van der Waals surface area contributed by atoms with Crippen LogP contribution in [0, 0.1) is 0 Å². The minimum Gasteiger partial charge on any atom is -0.497 e. The van der Waals surface area contributed by atoms with Gasteiger partial charge in [0.1, 0.15) is 11.5 Å². The van der Waals surface area contributed by atoms with Gasteiger partial charge in [-0.25, -0.2) is 0 Å². The molecule has 0 radical (unpaired) electrons. The van der Waals surface area contributed by atoms with Crippen molar-refractivity contribution in [2.45, 2.75) is 6.42 Å². The van der Waals surface area contributed by atoms with E-state index in [1.807, 2.05) is 24.3 Å². The Kier molecular flexibility index (Phi) is 3.86. The lowest BCUT2D eigenvalue weighted by atomic mass is 9.93. The maximum absolute atomic E-state index is 13.1. The second kappa shape index (κ2) is 6.32. The lowest BCUT2D eigenvalue weighted by Gasteiger charge is -2.22. The highest BCUT2D eigenvalue weighted by Gasteiger charge is 2.27. The predicted octanol–water partition coefficient (Wildman–Crippen LogP) is 4.52. The number of benzene rings is 2. The van der Waals surface area contributed by atoms with Gasteiger partial charge in [0.15, 0.2) is 17.3 Å². The molecule has 0 aliphatic carbocycles. The molecule has 0 N–H and O–H groups in total. The fourth-order valence-corrected chi connectivity index (χ4v) is 2.90. The molecule has 0 spiro atoms. The maximum atomic E-state index is 13.1. The first kappa shape index (κ1) is 15.3. The summed E-state index contributed by atoms with van der Waals surface area (Å²) in [5.74, 6) is 2.40. The number of allylic oxidation sites excluding steroid dienone is 1. The molecule has 25 heavy (non-hydrogen) atoms. The molecular weight excluding hydrogens is 316 g/mol. The molecule has 2 aromatic carbocycles. The normalized spacial score (nSPS) is 13.2. The number of Topliss-reactive ketones (excluding diaryl/α,β-unsaturated/α-hetero) is 1. The fraction of sp³-hybridized carbons (Fsp3) is 0.0952. The van der Waals surface area contributed by atoms with E-state index < -0.39 is 0 Å². The van der Waals surface area contributed by atoms with Crippen LogP contribution >= 0.6 is 0 Å². The zero-order valence-electron chi connectivity index (χ0n) is 13.7. The van der Waals surface area contributed by atoms with Crippen molar-refractivity contribution in [1.29, 1.82) is 0 Å². The summed E-state index contributed by atoms with van der Waals surface area (Å²) in [4.78, 5) is 13.1. The first-order chi connectivity index (χ1) is 12.3. The summed E-state index contributed by atoms with van der Waals surface area (Å²) < 4.78 is 16.7. The Bertz CT molecular complexity index is 934. The number of ether oxygens (including phenoxy) is 2. The van der Waals surface area contributed by atoms with E-state index in [1.54, 1.807) is 49.8 Å². The summed E-state index contributed by atoms with van der Waals surface area (Å²) in [7, 11) is 1.60. The van der Waals surface area contributed by atoms with Crippen molar-refractivity contribution in [2.75, 3.05) is 7.11 Å². The first-order valence-electron chi connectivity index (χ1n) is 7.98. The summed E-state index contributed by atoms with van der Waals surface area (Å²) in [6.45, 7) is 0. The van der Waals surface area contributed by atoms with Gasteiger partial charge >= 0.3 is 0 Å². The molecule has 124 valence electrons. The van der Waals surface area contributed by atoms with Gasteiger partial charge in [0.2, 0.25) is 0 Å². The van der Waals surface area contributed by atoms with Gasteiger partial charge in [-0.1, -0.05) is 18.2 Å². The zero-order valence-corrected chi connectivity index (χ0v) is 13.7. The van der Waals surface area contributed by atoms with Crippen LogP contribution < -0.4 is 9.47 Å². The quantitative estimate of drug-likeness (QED) is 0.659. The van der Waals surface area contributed by atoms with Gasteiger partial charge in [0.25, 0.3) is 0 Å². The van der Waals surface area contributed by atoms with E-state index in [-0.39, 0.29) is 5.78 Å². The molecular formula is C21H16O4. The van der Waals surface area contributed by atoms with Crippen LogP contribution in [0.1, 0.15) is 21.7 Å². The zero-order chi connectivity index (χ0) is 17.2. The highest BCUT2D eigenvalue weighted by Crippen LogP contribution is 2.36. The molecule has 0 unspecified atom stereocenters. The van der Waals surface area contributed by atoms with Crippen molar-refractivity contribution < 1.29 is 18.7 Å². The van der Waals surface area contributed by atoms with Gasteiger partial charge in [-0.3, -0.25) is 4.79 Å². The largest absolute Gasteiger partial charge is 0.497 e. The summed E-state index contributed by atoms with van der Waals surface area (Å²) in [6.07, 6.45) is 2.07. The Hall–Kier alpha value is -3.27. The Morgan fingerprint density at radius 1 is 1.00 bits per heavy atom. The molecule has 4 nitrogen and oxygen atoms in total. The standard InChI is InChI=1S/C21H16O4/c1-23-16-10-8-14(9-11-16)20(22)17-13-15-5-2-3-6-18(15)25-21(17)19-7-4-12-24-19/h2-12H,13H2,1H3.